The van der Waals surface area contributed by atoms with E-state index in [1.54, 1.807) is 6.07 Å². The highest BCUT2D eigenvalue weighted by Crippen LogP contribution is 2.23. The smallest absolute Gasteiger partial charge is 0.255 e. The van der Waals surface area contributed by atoms with Crippen molar-refractivity contribution in [1.82, 2.24) is 4.90 Å². The number of alkyl halides is 1. The number of halogens is 3. The van der Waals surface area contributed by atoms with Crippen LogP contribution in [0.2, 0.25) is 5.02 Å². The van der Waals surface area contributed by atoms with Crippen LogP contribution < -0.4 is 0 Å². The Morgan fingerprint density at radius 1 is 1.53 bits per heavy atom. The van der Waals surface area contributed by atoms with E-state index in [2.05, 4.69) is 38.5 Å². The molecule has 2 nitrogen and oxygen atoms in total. The van der Waals surface area contributed by atoms with Gasteiger partial charge in [-0.15, -0.1) is 0 Å². The van der Waals surface area contributed by atoms with Crippen LogP contribution in [0.1, 0.15) is 23.2 Å². The molecular formula is C12H12BrClINO. The van der Waals surface area contributed by atoms with Crippen molar-refractivity contribution >= 4 is 56.0 Å². The summed E-state index contributed by atoms with van der Waals surface area (Å²) in [5, 5.41) is 0.612. The van der Waals surface area contributed by atoms with Crippen LogP contribution in [0.5, 0.6) is 0 Å². The van der Waals surface area contributed by atoms with Gasteiger partial charge < -0.3 is 4.90 Å². The summed E-state index contributed by atoms with van der Waals surface area (Å²) in [6.07, 6.45) is 2.19. The van der Waals surface area contributed by atoms with E-state index in [-0.39, 0.29) is 5.91 Å². The molecule has 1 aromatic carbocycles. The summed E-state index contributed by atoms with van der Waals surface area (Å²) >= 11 is 11.7. The van der Waals surface area contributed by atoms with Crippen LogP contribution in [0.3, 0.4) is 0 Å². The highest BCUT2D eigenvalue weighted by Gasteiger charge is 2.24. The van der Waals surface area contributed by atoms with Crippen LogP contribution in [0.4, 0.5) is 0 Å². The number of hydrogen-bond donors (Lipinski definition) is 0. The number of likely N-dealkylation sites (tertiary alicyclic amines) is 1. The maximum Gasteiger partial charge on any atom is 0.255 e. The van der Waals surface area contributed by atoms with Crippen LogP contribution in [-0.4, -0.2) is 28.7 Å². The number of carbonyl (C=O) groups is 1. The SMILES string of the molecule is O=C(c1cc(Cl)ccc1I)N1CCCC(Br)C1. The molecule has 0 aliphatic carbocycles. The predicted molar refractivity (Wildman–Crippen MR) is 82.0 cm³/mol. The molecule has 1 fully saturated rings. The van der Waals surface area contributed by atoms with Crippen molar-refractivity contribution in [2.24, 2.45) is 0 Å². The predicted octanol–water partition coefficient (Wildman–Crippen LogP) is 3.94. The van der Waals surface area contributed by atoms with Crippen molar-refractivity contribution in [1.29, 1.82) is 0 Å². The average Bonchev–Trinajstić information content (AvgIpc) is 2.31. The number of carbonyl (C=O) groups excluding carboxylic acids is 1. The minimum absolute atomic E-state index is 0.0843. The Hall–Kier alpha value is 0.190. The Bertz CT molecular complexity index is 441. The van der Waals surface area contributed by atoms with E-state index in [1.165, 1.54) is 0 Å². The Labute approximate surface area is 128 Å². The third-order valence-corrected chi connectivity index (χ3v) is 4.73. The summed E-state index contributed by atoms with van der Waals surface area (Å²) in [5.41, 5.74) is 0.708. The maximum atomic E-state index is 12.4. The molecule has 1 amide bonds. The molecule has 0 spiro atoms. The Morgan fingerprint density at radius 3 is 3.00 bits per heavy atom. The van der Waals surface area contributed by atoms with Crippen molar-refractivity contribution in [3.63, 3.8) is 0 Å². The summed E-state index contributed by atoms with van der Waals surface area (Å²) in [4.78, 5) is 14.7. The lowest BCUT2D eigenvalue weighted by molar-refractivity contribution is 0.0729. The molecule has 5 heteroatoms. The van der Waals surface area contributed by atoms with E-state index in [0.717, 1.165) is 29.5 Å². The number of hydrogen-bond acceptors (Lipinski definition) is 1. The van der Waals surface area contributed by atoms with E-state index in [0.29, 0.717) is 15.4 Å². The highest BCUT2D eigenvalue weighted by molar-refractivity contribution is 14.1. The molecule has 17 heavy (non-hydrogen) atoms. The molecule has 1 unspecified atom stereocenters. The van der Waals surface area contributed by atoms with Gasteiger partial charge in [0.15, 0.2) is 0 Å². The molecule has 92 valence electrons. The fourth-order valence-corrected chi connectivity index (χ4v) is 3.35. The van der Waals surface area contributed by atoms with Gasteiger partial charge in [0.2, 0.25) is 0 Å². The molecule has 0 radical (unpaired) electrons. The first-order valence-electron chi connectivity index (χ1n) is 5.46. The van der Waals surface area contributed by atoms with Gasteiger partial charge in [0.05, 0.1) is 5.56 Å². The van der Waals surface area contributed by atoms with Crippen molar-refractivity contribution < 1.29 is 4.79 Å². The Kier molecular flexibility index (Phi) is 4.72. The molecule has 1 saturated heterocycles. The number of piperidine rings is 1. The second-order valence-electron chi connectivity index (χ2n) is 4.11. The minimum Gasteiger partial charge on any atom is -0.337 e. The fraction of sp³-hybridized carbons (Fsp3) is 0.417. The van der Waals surface area contributed by atoms with E-state index in [1.807, 2.05) is 17.0 Å². The van der Waals surface area contributed by atoms with Crippen LogP contribution in [0.25, 0.3) is 0 Å². The summed E-state index contributed by atoms with van der Waals surface area (Å²) in [5.74, 6) is 0.0843. The number of benzene rings is 1. The molecule has 2 rings (SSSR count). The van der Waals surface area contributed by atoms with Gasteiger partial charge in [-0.2, -0.15) is 0 Å². The van der Waals surface area contributed by atoms with E-state index < -0.39 is 0 Å². The molecular weight excluding hydrogens is 416 g/mol. The van der Waals surface area contributed by atoms with Crippen molar-refractivity contribution in [2.45, 2.75) is 17.7 Å². The molecule has 1 heterocycles. The van der Waals surface area contributed by atoms with Crippen LogP contribution in [0, 0.1) is 3.57 Å². The van der Waals surface area contributed by atoms with Gasteiger partial charge in [-0.25, -0.2) is 0 Å². The number of amides is 1. The first-order chi connectivity index (χ1) is 8.08. The third-order valence-electron chi connectivity index (χ3n) is 2.81. The van der Waals surface area contributed by atoms with Gasteiger partial charge in [0.1, 0.15) is 0 Å². The molecule has 1 aliphatic rings. The second-order valence-corrected chi connectivity index (χ2v) is 7.01. The Morgan fingerprint density at radius 2 is 2.29 bits per heavy atom. The van der Waals surface area contributed by atoms with Gasteiger partial charge in [-0.05, 0) is 53.6 Å². The largest absolute Gasteiger partial charge is 0.337 e. The lowest BCUT2D eigenvalue weighted by Crippen LogP contribution is -2.40. The number of rotatable bonds is 1. The molecule has 1 atom stereocenters. The van der Waals surface area contributed by atoms with Crippen molar-refractivity contribution in [3.05, 3.63) is 32.4 Å². The zero-order chi connectivity index (χ0) is 12.4. The lowest BCUT2D eigenvalue weighted by atomic mass is 10.1. The molecule has 0 N–H and O–H groups in total. The summed E-state index contributed by atoms with van der Waals surface area (Å²) in [7, 11) is 0. The summed E-state index contributed by atoms with van der Waals surface area (Å²) in [6.45, 7) is 1.62. The first-order valence-corrected chi connectivity index (χ1v) is 7.83. The molecule has 1 aromatic rings. The second kappa shape index (κ2) is 5.89. The fourth-order valence-electron chi connectivity index (χ4n) is 1.94. The van der Waals surface area contributed by atoms with Gasteiger partial charge in [-0.3, -0.25) is 4.79 Å². The van der Waals surface area contributed by atoms with Crippen molar-refractivity contribution in [2.75, 3.05) is 13.1 Å². The van der Waals surface area contributed by atoms with E-state index in [9.17, 15) is 4.79 Å². The first kappa shape index (κ1) is 13.6. The van der Waals surface area contributed by atoms with E-state index in [4.69, 9.17) is 11.6 Å². The van der Waals surface area contributed by atoms with Crippen LogP contribution in [-0.2, 0) is 0 Å². The van der Waals surface area contributed by atoms with E-state index >= 15 is 0 Å². The third kappa shape index (κ3) is 3.35. The van der Waals surface area contributed by atoms with Gasteiger partial charge in [0, 0.05) is 26.5 Å². The molecule has 0 saturated carbocycles. The monoisotopic (exact) mass is 427 g/mol. The minimum atomic E-state index is 0.0843. The average molecular weight is 428 g/mol. The zero-order valence-electron chi connectivity index (χ0n) is 9.13. The number of nitrogens with zero attached hydrogens (tertiary/aromatic N) is 1. The summed E-state index contributed by atoms with van der Waals surface area (Å²) < 4.78 is 0.952. The molecule has 0 aromatic heterocycles. The standard InChI is InChI=1S/C12H12BrClINO/c13-8-2-1-5-16(7-8)12(17)10-6-9(14)3-4-11(10)15/h3-4,6,8H,1-2,5,7H2. The van der Waals surface area contributed by atoms with Crippen LogP contribution >= 0.6 is 50.1 Å². The van der Waals surface area contributed by atoms with Crippen molar-refractivity contribution in [3.8, 4) is 0 Å². The lowest BCUT2D eigenvalue weighted by Gasteiger charge is -2.30. The maximum absolute atomic E-state index is 12.4. The van der Waals surface area contributed by atoms with Gasteiger partial charge in [-0.1, -0.05) is 27.5 Å². The van der Waals surface area contributed by atoms with Gasteiger partial charge >= 0.3 is 0 Å². The highest BCUT2D eigenvalue weighted by atomic mass is 127. The van der Waals surface area contributed by atoms with Crippen LogP contribution in [0.15, 0.2) is 18.2 Å². The quantitative estimate of drug-likeness (QED) is 0.490. The van der Waals surface area contributed by atoms with Gasteiger partial charge in [0.25, 0.3) is 5.91 Å². The molecule has 1 aliphatic heterocycles. The normalized spacial score (nSPS) is 20.4. The summed E-state index contributed by atoms with van der Waals surface area (Å²) in [6, 6.07) is 5.44. The zero-order valence-corrected chi connectivity index (χ0v) is 13.6. The Balaban J connectivity index is 2.21. The molecule has 0 bridgehead atoms. The topological polar surface area (TPSA) is 20.3 Å².